The average molecular weight is 401 g/mol. The summed E-state index contributed by atoms with van der Waals surface area (Å²) in [5.74, 6) is -0.426. The number of piperidine rings is 1. The highest BCUT2D eigenvalue weighted by Crippen LogP contribution is 2.28. The van der Waals surface area contributed by atoms with Gasteiger partial charge in [0.2, 0.25) is 5.91 Å². The van der Waals surface area contributed by atoms with Gasteiger partial charge in [-0.3, -0.25) is 4.79 Å². The van der Waals surface area contributed by atoms with Gasteiger partial charge in [0.25, 0.3) is 0 Å². The highest BCUT2D eigenvalue weighted by atomic mass is 35.5. The molecule has 0 spiro atoms. The number of benzene rings is 2. The van der Waals surface area contributed by atoms with Crippen molar-refractivity contribution in [1.29, 1.82) is 0 Å². The number of carbonyl (C=O) groups excluding carboxylic acids is 1. The summed E-state index contributed by atoms with van der Waals surface area (Å²) >= 11 is 0. The van der Waals surface area contributed by atoms with Crippen molar-refractivity contribution < 1.29 is 22.7 Å². The van der Waals surface area contributed by atoms with Gasteiger partial charge < -0.3 is 15.4 Å². The van der Waals surface area contributed by atoms with Crippen LogP contribution in [0.3, 0.4) is 0 Å². The van der Waals surface area contributed by atoms with Gasteiger partial charge in [-0.2, -0.15) is 0 Å². The Kier molecular flexibility index (Phi) is 7.10. The quantitative estimate of drug-likeness (QED) is 0.802. The lowest BCUT2D eigenvalue weighted by molar-refractivity contribution is -0.274. The number of carbonyl (C=O) groups is 1. The number of ether oxygens (including phenoxy) is 1. The number of halogens is 4. The van der Waals surface area contributed by atoms with Crippen molar-refractivity contribution in [2.75, 3.05) is 18.4 Å². The monoisotopic (exact) mass is 400 g/mol. The van der Waals surface area contributed by atoms with Crippen LogP contribution in [0.5, 0.6) is 5.75 Å². The van der Waals surface area contributed by atoms with Crippen LogP contribution < -0.4 is 15.4 Å². The molecule has 0 bridgehead atoms. The third-order valence-electron chi connectivity index (χ3n) is 4.35. The second-order valence-corrected chi connectivity index (χ2v) is 6.26. The molecule has 2 aromatic rings. The standard InChI is InChI=1S/C19H19F3N2O2.ClH/c20-19(21,22)26-17-8-6-16(7-9-17)24-18(25)15-10-14(11-23-12-15)13-4-2-1-3-5-13;/h1-9,14-15,23H,10-12H2,(H,24,25);1H/t14-,15-;/m0./s1. The largest absolute Gasteiger partial charge is 0.573 e. The molecule has 0 aliphatic carbocycles. The predicted octanol–water partition coefficient (Wildman–Crippen LogP) is 4.34. The highest BCUT2D eigenvalue weighted by Gasteiger charge is 2.31. The summed E-state index contributed by atoms with van der Waals surface area (Å²) in [7, 11) is 0. The normalized spacial score (nSPS) is 19.7. The molecular formula is C19H20ClF3N2O2. The second-order valence-electron chi connectivity index (χ2n) is 6.26. The maximum atomic E-state index is 12.5. The molecule has 1 fully saturated rings. The Balaban J connectivity index is 0.00000261. The van der Waals surface area contributed by atoms with Gasteiger partial charge in [-0.1, -0.05) is 30.3 Å². The van der Waals surface area contributed by atoms with Crippen molar-refractivity contribution in [1.82, 2.24) is 5.32 Å². The molecule has 2 N–H and O–H groups in total. The molecule has 0 radical (unpaired) electrons. The van der Waals surface area contributed by atoms with Crippen LogP contribution in [0.25, 0.3) is 0 Å². The minimum absolute atomic E-state index is 0. The van der Waals surface area contributed by atoms with E-state index in [9.17, 15) is 18.0 Å². The number of anilines is 1. The first-order valence-corrected chi connectivity index (χ1v) is 8.33. The predicted molar refractivity (Wildman–Crippen MR) is 99.2 cm³/mol. The lowest BCUT2D eigenvalue weighted by Gasteiger charge is -2.29. The van der Waals surface area contributed by atoms with Crippen LogP contribution >= 0.6 is 12.4 Å². The Labute approximate surface area is 161 Å². The van der Waals surface area contributed by atoms with Crippen LogP contribution in [0.2, 0.25) is 0 Å². The van der Waals surface area contributed by atoms with Gasteiger partial charge >= 0.3 is 6.36 Å². The summed E-state index contributed by atoms with van der Waals surface area (Å²) in [6.07, 6.45) is -4.01. The Morgan fingerprint density at radius 3 is 2.33 bits per heavy atom. The lowest BCUT2D eigenvalue weighted by atomic mass is 9.85. The summed E-state index contributed by atoms with van der Waals surface area (Å²) in [6.45, 7) is 1.39. The molecule has 0 aromatic heterocycles. The van der Waals surface area contributed by atoms with E-state index in [1.165, 1.54) is 29.8 Å². The summed E-state index contributed by atoms with van der Waals surface area (Å²) < 4.78 is 40.3. The molecule has 2 aromatic carbocycles. The van der Waals surface area contributed by atoms with E-state index >= 15 is 0 Å². The minimum atomic E-state index is -4.73. The van der Waals surface area contributed by atoms with Crippen molar-refractivity contribution in [2.24, 2.45) is 5.92 Å². The molecule has 3 rings (SSSR count). The van der Waals surface area contributed by atoms with E-state index in [2.05, 4.69) is 15.4 Å². The van der Waals surface area contributed by atoms with Crippen LogP contribution in [0.1, 0.15) is 17.9 Å². The molecule has 0 saturated carbocycles. The smallest absolute Gasteiger partial charge is 0.406 e. The van der Waals surface area contributed by atoms with E-state index in [1.54, 1.807) is 0 Å². The molecule has 1 heterocycles. The molecule has 1 aliphatic heterocycles. The Morgan fingerprint density at radius 2 is 1.70 bits per heavy atom. The van der Waals surface area contributed by atoms with E-state index in [1.807, 2.05) is 30.3 Å². The maximum Gasteiger partial charge on any atom is 0.573 e. The van der Waals surface area contributed by atoms with Crippen LogP contribution in [0, 0.1) is 5.92 Å². The van der Waals surface area contributed by atoms with Crippen molar-refractivity contribution >= 4 is 24.0 Å². The Morgan fingerprint density at radius 1 is 1.04 bits per heavy atom. The Bertz CT molecular complexity index is 739. The van der Waals surface area contributed by atoms with Gasteiger partial charge in [0.15, 0.2) is 0 Å². The fraction of sp³-hybridized carbons (Fsp3) is 0.316. The first-order valence-electron chi connectivity index (χ1n) is 8.33. The zero-order chi connectivity index (χ0) is 18.6. The fourth-order valence-corrected chi connectivity index (χ4v) is 3.11. The molecule has 1 aliphatic rings. The van der Waals surface area contributed by atoms with Crippen LogP contribution in [0.15, 0.2) is 54.6 Å². The van der Waals surface area contributed by atoms with Gasteiger partial charge in [0, 0.05) is 18.8 Å². The number of alkyl halides is 3. The fourth-order valence-electron chi connectivity index (χ4n) is 3.11. The van der Waals surface area contributed by atoms with E-state index in [-0.39, 0.29) is 35.9 Å². The SMILES string of the molecule is Cl.O=C(Nc1ccc(OC(F)(F)F)cc1)[C@@H]1CNC[C@@H](c2ccccc2)C1. The average Bonchev–Trinajstić information content (AvgIpc) is 2.63. The topological polar surface area (TPSA) is 50.4 Å². The zero-order valence-electron chi connectivity index (χ0n) is 14.3. The van der Waals surface area contributed by atoms with Crippen molar-refractivity contribution in [3.05, 3.63) is 60.2 Å². The lowest BCUT2D eigenvalue weighted by Crippen LogP contribution is -2.40. The van der Waals surface area contributed by atoms with Gasteiger partial charge in [0.05, 0.1) is 5.92 Å². The van der Waals surface area contributed by atoms with E-state index in [0.29, 0.717) is 12.2 Å². The van der Waals surface area contributed by atoms with E-state index in [4.69, 9.17) is 0 Å². The van der Waals surface area contributed by atoms with Gasteiger partial charge in [-0.25, -0.2) is 0 Å². The molecule has 1 amide bonds. The van der Waals surface area contributed by atoms with Crippen LogP contribution in [0.4, 0.5) is 18.9 Å². The molecule has 2 atom stereocenters. The summed E-state index contributed by atoms with van der Waals surface area (Å²) in [4.78, 5) is 12.5. The molecule has 0 unspecified atom stereocenters. The molecule has 146 valence electrons. The molecule has 8 heteroatoms. The highest BCUT2D eigenvalue weighted by molar-refractivity contribution is 5.92. The van der Waals surface area contributed by atoms with E-state index in [0.717, 1.165) is 13.0 Å². The first-order chi connectivity index (χ1) is 12.4. The summed E-state index contributed by atoms with van der Waals surface area (Å²) in [5, 5.41) is 6.04. The molecule has 1 saturated heterocycles. The Hall–Kier alpha value is -2.25. The molecule has 4 nitrogen and oxygen atoms in total. The zero-order valence-corrected chi connectivity index (χ0v) is 15.1. The van der Waals surface area contributed by atoms with Crippen molar-refractivity contribution in [2.45, 2.75) is 18.7 Å². The third kappa shape index (κ3) is 6.15. The maximum absolute atomic E-state index is 12.5. The first kappa shape index (κ1) is 21.1. The second kappa shape index (κ2) is 9.10. The third-order valence-corrected chi connectivity index (χ3v) is 4.35. The number of hydrogen-bond donors (Lipinski definition) is 2. The van der Waals surface area contributed by atoms with Crippen LogP contribution in [-0.2, 0) is 4.79 Å². The number of amides is 1. The summed E-state index contributed by atoms with van der Waals surface area (Å²) in [5.41, 5.74) is 1.62. The van der Waals surface area contributed by atoms with E-state index < -0.39 is 6.36 Å². The molecule has 27 heavy (non-hydrogen) atoms. The number of nitrogens with one attached hydrogen (secondary N) is 2. The molecular weight excluding hydrogens is 381 g/mol. The van der Waals surface area contributed by atoms with Gasteiger partial charge in [0.1, 0.15) is 5.75 Å². The summed E-state index contributed by atoms with van der Waals surface area (Å²) in [6, 6.07) is 15.1. The van der Waals surface area contributed by atoms with Gasteiger partial charge in [-0.05, 0) is 42.2 Å². The van der Waals surface area contributed by atoms with Crippen LogP contribution in [-0.4, -0.2) is 25.4 Å². The number of hydrogen-bond acceptors (Lipinski definition) is 3. The van der Waals surface area contributed by atoms with Crippen molar-refractivity contribution in [3.8, 4) is 5.75 Å². The minimum Gasteiger partial charge on any atom is -0.406 e. The van der Waals surface area contributed by atoms with Gasteiger partial charge in [-0.15, -0.1) is 25.6 Å². The number of rotatable bonds is 4. The van der Waals surface area contributed by atoms with Crippen molar-refractivity contribution in [3.63, 3.8) is 0 Å².